The fourth-order valence-corrected chi connectivity index (χ4v) is 6.56. The Morgan fingerprint density at radius 2 is 1.87 bits per heavy atom. The molecule has 5 nitrogen and oxygen atoms in total. The van der Waals surface area contributed by atoms with Crippen LogP contribution in [-0.4, -0.2) is 24.1 Å². The zero-order chi connectivity index (χ0) is 22.3. The molecule has 1 N–H and O–H groups in total. The molecule has 0 bridgehead atoms. The third kappa shape index (κ3) is 3.98. The summed E-state index contributed by atoms with van der Waals surface area (Å²) in [4.78, 5) is 12.2. The molecule has 9 heteroatoms. The molecule has 0 saturated heterocycles. The average Bonchev–Trinajstić information content (AvgIpc) is 3.27. The zero-order valence-electron chi connectivity index (χ0n) is 16.3. The van der Waals surface area contributed by atoms with Crippen molar-refractivity contribution in [3.63, 3.8) is 0 Å². The lowest BCUT2D eigenvalue weighted by Crippen LogP contribution is -2.10. The van der Waals surface area contributed by atoms with Crippen molar-refractivity contribution in [1.29, 1.82) is 0 Å². The van der Waals surface area contributed by atoms with E-state index in [2.05, 4.69) is 0 Å². The van der Waals surface area contributed by atoms with Gasteiger partial charge in [0.2, 0.25) is 9.84 Å². The van der Waals surface area contributed by atoms with Crippen LogP contribution in [0.25, 0.3) is 10.9 Å². The van der Waals surface area contributed by atoms with Crippen molar-refractivity contribution in [3.05, 3.63) is 80.9 Å². The topological polar surface area (TPSA) is 76.4 Å². The van der Waals surface area contributed by atoms with Crippen molar-refractivity contribution >= 4 is 49.6 Å². The van der Waals surface area contributed by atoms with Gasteiger partial charge in [0.15, 0.2) is 0 Å². The molecule has 0 radical (unpaired) electrons. The predicted octanol–water partition coefficient (Wildman–Crippen LogP) is 5.31. The number of halogens is 2. The summed E-state index contributed by atoms with van der Waals surface area (Å²) in [5.41, 5.74) is 2.27. The first-order valence-corrected chi connectivity index (χ1v) is 12.0. The highest BCUT2D eigenvalue weighted by atomic mass is 35.5. The van der Waals surface area contributed by atoms with Gasteiger partial charge in [-0.2, -0.15) is 0 Å². The van der Waals surface area contributed by atoms with Gasteiger partial charge >= 0.3 is 5.97 Å². The van der Waals surface area contributed by atoms with Crippen LogP contribution in [0.3, 0.4) is 0 Å². The normalized spacial score (nSPS) is 11.8. The molecule has 160 valence electrons. The Balaban J connectivity index is 1.83. The van der Waals surface area contributed by atoms with Crippen LogP contribution in [0.4, 0.5) is 4.39 Å². The van der Waals surface area contributed by atoms with E-state index in [1.807, 2.05) is 6.92 Å². The minimum absolute atomic E-state index is 0.0154. The minimum Gasteiger partial charge on any atom is -0.480 e. The maximum absolute atomic E-state index is 13.3. The Kier molecular flexibility index (Phi) is 5.63. The molecule has 0 fully saturated rings. The molecule has 0 aliphatic carbocycles. The molecule has 2 aromatic carbocycles. The fraction of sp³-hybridized carbons (Fsp3) is 0.136. The minimum atomic E-state index is -3.83. The van der Waals surface area contributed by atoms with Gasteiger partial charge in [0.25, 0.3) is 0 Å². The van der Waals surface area contributed by atoms with E-state index < -0.39 is 21.6 Å². The van der Waals surface area contributed by atoms with E-state index in [0.717, 1.165) is 34.3 Å². The first kappa shape index (κ1) is 21.5. The van der Waals surface area contributed by atoms with E-state index in [1.54, 1.807) is 28.1 Å². The first-order chi connectivity index (χ1) is 14.7. The number of sulfone groups is 1. The van der Waals surface area contributed by atoms with Crippen molar-refractivity contribution in [2.75, 3.05) is 0 Å². The van der Waals surface area contributed by atoms with Gasteiger partial charge in [-0.3, -0.25) is 4.79 Å². The smallest absolute Gasteiger partial charge is 0.323 e. The van der Waals surface area contributed by atoms with Crippen molar-refractivity contribution in [1.82, 2.24) is 4.57 Å². The molecule has 0 aliphatic rings. The summed E-state index contributed by atoms with van der Waals surface area (Å²) in [7, 11) is -3.83. The summed E-state index contributed by atoms with van der Waals surface area (Å²) in [5, 5.41) is 12.3. The highest BCUT2D eigenvalue weighted by molar-refractivity contribution is 7.91. The molecular weight excluding hydrogens is 461 g/mol. The zero-order valence-corrected chi connectivity index (χ0v) is 18.7. The second kappa shape index (κ2) is 8.11. The van der Waals surface area contributed by atoms with E-state index in [1.165, 1.54) is 29.5 Å². The number of aromatic nitrogens is 1. The number of carboxylic acids is 1. The van der Waals surface area contributed by atoms with Crippen LogP contribution in [0.2, 0.25) is 5.02 Å². The summed E-state index contributed by atoms with van der Waals surface area (Å²) < 4.78 is 41.2. The highest BCUT2D eigenvalue weighted by Crippen LogP contribution is 2.35. The molecule has 0 amide bonds. The maximum atomic E-state index is 13.3. The van der Waals surface area contributed by atoms with Crippen LogP contribution < -0.4 is 0 Å². The lowest BCUT2D eigenvalue weighted by atomic mass is 10.1. The van der Waals surface area contributed by atoms with Crippen molar-refractivity contribution in [3.8, 4) is 0 Å². The van der Waals surface area contributed by atoms with Crippen LogP contribution in [0.1, 0.15) is 16.1 Å². The lowest BCUT2D eigenvalue weighted by molar-refractivity contribution is -0.137. The molecule has 2 aromatic heterocycles. The quantitative estimate of drug-likeness (QED) is 0.382. The Morgan fingerprint density at radius 1 is 1.16 bits per heavy atom. The third-order valence-corrected chi connectivity index (χ3v) is 8.30. The summed E-state index contributed by atoms with van der Waals surface area (Å²) in [5.74, 6) is -1.49. The SMILES string of the molecule is Cc1c(Cc2sccc2S(=O)(=O)c2ccc(F)cc2)c2cc(Cl)ccc2n1CC(=O)O. The number of fused-ring (bicyclic) bond motifs is 1. The Labute approximate surface area is 187 Å². The summed E-state index contributed by atoms with van der Waals surface area (Å²) >= 11 is 7.49. The van der Waals surface area contributed by atoms with Gasteiger partial charge in [0.1, 0.15) is 12.4 Å². The second-order valence-corrected chi connectivity index (χ2v) is 10.4. The van der Waals surface area contributed by atoms with E-state index in [-0.39, 0.29) is 16.3 Å². The molecular formula is C22H17ClFNO4S2. The first-order valence-electron chi connectivity index (χ1n) is 9.24. The highest BCUT2D eigenvalue weighted by Gasteiger charge is 2.25. The number of carboxylic acid groups (broad SMARTS) is 1. The Bertz CT molecular complexity index is 1410. The summed E-state index contributed by atoms with van der Waals surface area (Å²) in [6, 6.07) is 11.5. The number of thiophene rings is 1. The number of benzene rings is 2. The van der Waals surface area contributed by atoms with Crippen LogP contribution in [0.5, 0.6) is 0 Å². The predicted molar refractivity (Wildman–Crippen MR) is 118 cm³/mol. The largest absolute Gasteiger partial charge is 0.480 e. The van der Waals surface area contributed by atoms with E-state index >= 15 is 0 Å². The molecule has 0 unspecified atom stereocenters. The molecule has 4 aromatic rings. The third-order valence-electron chi connectivity index (χ3n) is 5.16. The van der Waals surface area contributed by atoms with Gasteiger partial charge in [0.05, 0.1) is 9.79 Å². The van der Waals surface area contributed by atoms with Gasteiger partial charge in [-0.15, -0.1) is 11.3 Å². The summed E-state index contributed by atoms with van der Waals surface area (Å²) in [6.45, 7) is 1.60. The molecule has 4 rings (SSSR count). The number of aliphatic carboxylic acids is 1. The van der Waals surface area contributed by atoms with Gasteiger partial charge in [-0.25, -0.2) is 12.8 Å². The van der Waals surface area contributed by atoms with Crippen molar-refractivity contribution in [2.24, 2.45) is 0 Å². The fourth-order valence-electron chi connectivity index (χ4n) is 3.68. The molecule has 0 spiro atoms. The lowest BCUT2D eigenvalue weighted by Gasteiger charge is -2.08. The second-order valence-electron chi connectivity index (χ2n) is 7.05. The van der Waals surface area contributed by atoms with Crippen LogP contribution in [0.15, 0.2) is 63.7 Å². The Morgan fingerprint density at radius 3 is 2.55 bits per heavy atom. The number of rotatable bonds is 6. The molecule has 2 heterocycles. The monoisotopic (exact) mass is 477 g/mol. The number of hydrogen-bond donors (Lipinski definition) is 1. The number of hydrogen-bond acceptors (Lipinski definition) is 4. The number of nitrogens with zero attached hydrogens (tertiary/aromatic N) is 1. The van der Waals surface area contributed by atoms with Gasteiger partial charge in [-0.05, 0) is 66.4 Å². The summed E-state index contributed by atoms with van der Waals surface area (Å²) in [6.07, 6.45) is 0.294. The molecule has 0 aliphatic heterocycles. The van der Waals surface area contributed by atoms with Crippen molar-refractivity contribution < 1.29 is 22.7 Å². The molecule has 0 atom stereocenters. The van der Waals surface area contributed by atoms with Gasteiger partial charge in [0, 0.05) is 32.9 Å². The van der Waals surface area contributed by atoms with E-state index in [4.69, 9.17) is 11.6 Å². The molecule has 31 heavy (non-hydrogen) atoms. The number of carbonyl (C=O) groups is 1. The maximum Gasteiger partial charge on any atom is 0.323 e. The van der Waals surface area contributed by atoms with Crippen molar-refractivity contribution in [2.45, 2.75) is 29.7 Å². The van der Waals surface area contributed by atoms with Crippen LogP contribution in [0, 0.1) is 12.7 Å². The van der Waals surface area contributed by atoms with E-state index in [0.29, 0.717) is 16.3 Å². The van der Waals surface area contributed by atoms with E-state index in [9.17, 15) is 22.7 Å². The standard InChI is InChI=1S/C22H17ClFNO4S2/c1-13-17(18-10-14(23)2-7-19(18)25(13)12-22(26)27)11-20-21(8-9-30-20)31(28,29)16-5-3-15(24)4-6-16/h2-10H,11-12H2,1H3,(H,26,27). The van der Waals surface area contributed by atoms with Gasteiger partial charge < -0.3 is 9.67 Å². The van der Waals surface area contributed by atoms with Crippen LogP contribution in [-0.2, 0) is 27.6 Å². The van der Waals surface area contributed by atoms with Gasteiger partial charge in [-0.1, -0.05) is 11.6 Å². The Hall–Kier alpha value is -2.68. The molecule has 0 saturated carbocycles. The van der Waals surface area contributed by atoms with Crippen LogP contribution >= 0.6 is 22.9 Å². The average molecular weight is 478 g/mol.